The SMILES string of the molecule is NC(=O)c1ccc(C(=O)N(c2ccc(N)cc2)c2ccc(C(=O)Nc3ccc(N)cc3)cc2)cc1. The van der Waals surface area contributed by atoms with Gasteiger partial charge in [0.2, 0.25) is 5.91 Å². The molecule has 4 aromatic rings. The van der Waals surface area contributed by atoms with E-state index in [2.05, 4.69) is 5.32 Å². The highest BCUT2D eigenvalue weighted by Gasteiger charge is 2.21. The molecule has 3 amide bonds. The maximum Gasteiger partial charge on any atom is 0.262 e. The molecule has 0 unspecified atom stereocenters. The molecule has 0 saturated heterocycles. The van der Waals surface area contributed by atoms with Crippen LogP contribution in [0.4, 0.5) is 28.4 Å². The molecule has 0 saturated carbocycles. The van der Waals surface area contributed by atoms with E-state index in [0.29, 0.717) is 45.1 Å². The van der Waals surface area contributed by atoms with Crippen LogP contribution in [0.25, 0.3) is 0 Å². The van der Waals surface area contributed by atoms with Crippen LogP contribution in [0.3, 0.4) is 0 Å². The number of hydrogen-bond acceptors (Lipinski definition) is 5. The van der Waals surface area contributed by atoms with Gasteiger partial charge in [-0.25, -0.2) is 0 Å². The number of nitrogens with two attached hydrogens (primary N) is 3. The van der Waals surface area contributed by atoms with E-state index in [1.165, 1.54) is 17.0 Å². The number of anilines is 5. The van der Waals surface area contributed by atoms with Crippen molar-refractivity contribution in [1.29, 1.82) is 0 Å². The zero-order valence-corrected chi connectivity index (χ0v) is 18.6. The quantitative estimate of drug-likeness (QED) is 0.316. The average molecular weight is 466 g/mol. The fourth-order valence-corrected chi connectivity index (χ4v) is 3.44. The second kappa shape index (κ2) is 9.80. The van der Waals surface area contributed by atoms with Crippen LogP contribution in [0.15, 0.2) is 97.1 Å². The summed E-state index contributed by atoms with van der Waals surface area (Å²) in [6.45, 7) is 0. The third-order valence-electron chi connectivity index (χ3n) is 5.33. The highest BCUT2D eigenvalue weighted by molar-refractivity contribution is 6.12. The molecule has 0 heterocycles. The van der Waals surface area contributed by atoms with Gasteiger partial charge in [-0.1, -0.05) is 0 Å². The molecule has 0 atom stereocenters. The van der Waals surface area contributed by atoms with E-state index in [9.17, 15) is 14.4 Å². The van der Waals surface area contributed by atoms with E-state index >= 15 is 0 Å². The summed E-state index contributed by atoms with van der Waals surface area (Å²) in [6.07, 6.45) is 0. The summed E-state index contributed by atoms with van der Waals surface area (Å²) in [5.41, 5.74) is 20.8. The molecule has 0 aliphatic rings. The Hall–Kier alpha value is -5.11. The maximum atomic E-state index is 13.5. The summed E-state index contributed by atoms with van der Waals surface area (Å²) >= 11 is 0. The zero-order chi connectivity index (χ0) is 24.9. The lowest BCUT2D eigenvalue weighted by molar-refractivity contribution is 0.0988. The predicted molar refractivity (Wildman–Crippen MR) is 138 cm³/mol. The summed E-state index contributed by atoms with van der Waals surface area (Å²) < 4.78 is 0. The van der Waals surface area contributed by atoms with Crippen molar-refractivity contribution in [2.75, 3.05) is 21.7 Å². The van der Waals surface area contributed by atoms with Crippen molar-refractivity contribution >= 4 is 46.2 Å². The molecule has 8 heteroatoms. The first-order valence-corrected chi connectivity index (χ1v) is 10.7. The van der Waals surface area contributed by atoms with Crippen molar-refractivity contribution in [1.82, 2.24) is 0 Å². The number of nitrogens with zero attached hydrogens (tertiary/aromatic N) is 1. The molecule has 0 aliphatic carbocycles. The third-order valence-corrected chi connectivity index (χ3v) is 5.33. The summed E-state index contributed by atoms with van der Waals surface area (Å²) in [6, 6.07) is 26.4. The largest absolute Gasteiger partial charge is 0.399 e. The first kappa shape index (κ1) is 23.1. The van der Waals surface area contributed by atoms with Gasteiger partial charge in [-0.05, 0) is 97.1 Å². The van der Waals surface area contributed by atoms with E-state index < -0.39 is 5.91 Å². The number of nitrogen functional groups attached to an aromatic ring is 2. The molecule has 0 aliphatic heterocycles. The standard InChI is InChI=1S/C27H23N5O3/c28-20-7-11-22(12-8-20)31-26(34)18-5-13-23(14-6-18)32(24-15-9-21(29)10-16-24)27(35)19-3-1-17(2-4-19)25(30)33/h1-16H,28-29H2,(H2,30,33)(H,31,34). The minimum Gasteiger partial charge on any atom is -0.399 e. The normalized spacial score (nSPS) is 10.4. The van der Waals surface area contributed by atoms with E-state index in [-0.39, 0.29) is 11.8 Å². The van der Waals surface area contributed by atoms with Gasteiger partial charge in [-0.2, -0.15) is 0 Å². The number of rotatable bonds is 6. The van der Waals surface area contributed by atoms with Gasteiger partial charge in [0, 0.05) is 45.1 Å². The lowest BCUT2D eigenvalue weighted by atomic mass is 10.1. The molecule has 35 heavy (non-hydrogen) atoms. The molecule has 8 nitrogen and oxygen atoms in total. The van der Waals surface area contributed by atoms with Crippen molar-refractivity contribution in [3.8, 4) is 0 Å². The Morgan fingerprint density at radius 3 is 1.51 bits per heavy atom. The van der Waals surface area contributed by atoms with Gasteiger partial charge in [0.05, 0.1) is 0 Å². The number of amides is 3. The molecule has 4 aromatic carbocycles. The maximum absolute atomic E-state index is 13.5. The number of primary amides is 1. The molecular weight excluding hydrogens is 442 g/mol. The van der Waals surface area contributed by atoms with Crippen LogP contribution in [0.5, 0.6) is 0 Å². The molecule has 0 spiro atoms. The first-order chi connectivity index (χ1) is 16.8. The number of carbonyl (C=O) groups is 3. The van der Waals surface area contributed by atoms with Crippen molar-refractivity contribution in [3.05, 3.63) is 114 Å². The molecule has 0 bridgehead atoms. The van der Waals surface area contributed by atoms with Crippen LogP contribution < -0.4 is 27.4 Å². The van der Waals surface area contributed by atoms with Crippen LogP contribution in [0.2, 0.25) is 0 Å². The zero-order valence-electron chi connectivity index (χ0n) is 18.6. The third kappa shape index (κ3) is 5.28. The van der Waals surface area contributed by atoms with E-state index in [1.54, 1.807) is 84.9 Å². The average Bonchev–Trinajstić information content (AvgIpc) is 2.87. The smallest absolute Gasteiger partial charge is 0.262 e. The van der Waals surface area contributed by atoms with Crippen molar-refractivity contribution in [2.24, 2.45) is 5.73 Å². The number of benzene rings is 4. The van der Waals surface area contributed by atoms with E-state index in [0.717, 1.165) is 0 Å². The minimum absolute atomic E-state index is 0.297. The predicted octanol–water partition coefficient (Wildman–Crippen LogP) is 4.18. The van der Waals surface area contributed by atoms with Gasteiger partial charge in [-0.15, -0.1) is 0 Å². The summed E-state index contributed by atoms with van der Waals surface area (Å²) in [4.78, 5) is 39.0. The topological polar surface area (TPSA) is 145 Å². The Kier molecular flexibility index (Phi) is 6.46. The molecular formula is C27H23N5O3. The van der Waals surface area contributed by atoms with Crippen molar-refractivity contribution in [3.63, 3.8) is 0 Å². The lowest BCUT2D eigenvalue weighted by Crippen LogP contribution is -2.26. The lowest BCUT2D eigenvalue weighted by Gasteiger charge is -2.23. The highest BCUT2D eigenvalue weighted by atomic mass is 16.2. The molecule has 174 valence electrons. The first-order valence-electron chi connectivity index (χ1n) is 10.7. The van der Waals surface area contributed by atoms with Crippen LogP contribution in [-0.2, 0) is 0 Å². The monoisotopic (exact) mass is 465 g/mol. The highest BCUT2D eigenvalue weighted by Crippen LogP contribution is 2.29. The van der Waals surface area contributed by atoms with Gasteiger partial charge >= 0.3 is 0 Å². The fourth-order valence-electron chi connectivity index (χ4n) is 3.44. The van der Waals surface area contributed by atoms with Crippen LogP contribution >= 0.6 is 0 Å². The second-order valence-electron chi connectivity index (χ2n) is 7.80. The van der Waals surface area contributed by atoms with Crippen LogP contribution in [-0.4, -0.2) is 17.7 Å². The van der Waals surface area contributed by atoms with Crippen LogP contribution in [0.1, 0.15) is 31.1 Å². The number of nitrogens with one attached hydrogen (secondary N) is 1. The minimum atomic E-state index is -0.577. The van der Waals surface area contributed by atoms with E-state index in [4.69, 9.17) is 17.2 Å². The Bertz CT molecular complexity index is 1360. The summed E-state index contributed by atoms with van der Waals surface area (Å²) in [7, 11) is 0. The number of hydrogen-bond donors (Lipinski definition) is 4. The summed E-state index contributed by atoms with van der Waals surface area (Å²) in [5.74, 6) is -1.20. The van der Waals surface area contributed by atoms with Gasteiger partial charge in [0.25, 0.3) is 11.8 Å². The van der Waals surface area contributed by atoms with Crippen LogP contribution in [0, 0.1) is 0 Å². The summed E-state index contributed by atoms with van der Waals surface area (Å²) in [5, 5.41) is 2.81. The molecule has 0 fully saturated rings. The molecule has 0 aromatic heterocycles. The van der Waals surface area contributed by atoms with Crippen molar-refractivity contribution in [2.45, 2.75) is 0 Å². The van der Waals surface area contributed by atoms with E-state index in [1.807, 2.05) is 0 Å². The Morgan fingerprint density at radius 2 is 1.00 bits per heavy atom. The Morgan fingerprint density at radius 1 is 0.571 bits per heavy atom. The van der Waals surface area contributed by atoms with Crippen molar-refractivity contribution < 1.29 is 14.4 Å². The molecule has 0 radical (unpaired) electrons. The number of carbonyl (C=O) groups excluding carboxylic acids is 3. The van der Waals surface area contributed by atoms with Gasteiger partial charge in [0.15, 0.2) is 0 Å². The van der Waals surface area contributed by atoms with Gasteiger partial charge in [-0.3, -0.25) is 19.3 Å². The molecule has 4 rings (SSSR count). The van der Waals surface area contributed by atoms with Gasteiger partial charge < -0.3 is 22.5 Å². The Balaban J connectivity index is 1.63. The fraction of sp³-hybridized carbons (Fsp3) is 0. The Labute approximate surface area is 202 Å². The second-order valence-corrected chi connectivity index (χ2v) is 7.80. The molecule has 7 N–H and O–H groups in total. The van der Waals surface area contributed by atoms with Gasteiger partial charge in [0.1, 0.15) is 0 Å².